The van der Waals surface area contributed by atoms with Crippen molar-refractivity contribution in [1.82, 2.24) is 9.38 Å². The number of anilines is 2. The number of piperazine rings is 1. The van der Waals surface area contributed by atoms with Crippen molar-refractivity contribution in [3.05, 3.63) is 106 Å². The van der Waals surface area contributed by atoms with Crippen LogP contribution in [0.5, 0.6) is 0 Å². The van der Waals surface area contributed by atoms with Crippen LogP contribution in [-0.2, 0) is 6.42 Å². The molecular formula is C31H28FN5. The van der Waals surface area contributed by atoms with Crippen LogP contribution < -0.4 is 9.80 Å². The fraction of sp³-hybridized carbons (Fsp3) is 0.226. The maximum atomic E-state index is 14.5. The lowest BCUT2D eigenvalue weighted by Gasteiger charge is -2.39. The average molecular weight is 490 g/mol. The molecule has 0 radical (unpaired) electrons. The minimum atomic E-state index is -0.187. The zero-order valence-corrected chi connectivity index (χ0v) is 21.1. The summed E-state index contributed by atoms with van der Waals surface area (Å²) in [4.78, 5) is 9.40. The third-order valence-corrected chi connectivity index (χ3v) is 7.61. The molecule has 184 valence electrons. The van der Waals surface area contributed by atoms with Gasteiger partial charge in [-0.2, -0.15) is 5.26 Å². The van der Waals surface area contributed by atoms with E-state index >= 15 is 0 Å². The van der Waals surface area contributed by atoms with Crippen LogP contribution >= 0.6 is 0 Å². The van der Waals surface area contributed by atoms with E-state index in [9.17, 15) is 9.65 Å². The van der Waals surface area contributed by atoms with Gasteiger partial charge in [0.05, 0.1) is 22.3 Å². The van der Waals surface area contributed by atoms with Crippen molar-refractivity contribution >= 4 is 28.2 Å². The Kier molecular flexibility index (Phi) is 5.77. The molecule has 1 fully saturated rings. The molecule has 3 heterocycles. The lowest BCUT2D eigenvalue weighted by Crippen LogP contribution is -2.47. The third kappa shape index (κ3) is 3.88. The lowest BCUT2D eigenvalue weighted by atomic mass is 9.95. The summed E-state index contributed by atoms with van der Waals surface area (Å²) in [7, 11) is 0. The first-order chi connectivity index (χ1) is 18.1. The summed E-state index contributed by atoms with van der Waals surface area (Å²) in [5.41, 5.74) is 8.41. The van der Waals surface area contributed by atoms with E-state index in [0.29, 0.717) is 30.0 Å². The van der Waals surface area contributed by atoms with Gasteiger partial charge in [-0.1, -0.05) is 48.5 Å². The summed E-state index contributed by atoms with van der Waals surface area (Å²) in [5, 5.41) is 10.2. The molecule has 0 saturated carbocycles. The fourth-order valence-corrected chi connectivity index (χ4v) is 5.57. The van der Waals surface area contributed by atoms with E-state index in [-0.39, 0.29) is 5.82 Å². The van der Waals surface area contributed by atoms with Gasteiger partial charge in [0.1, 0.15) is 17.7 Å². The second-order valence-electron chi connectivity index (χ2n) is 9.70. The van der Waals surface area contributed by atoms with E-state index in [2.05, 4.69) is 57.5 Å². The molecule has 6 rings (SSSR count). The predicted molar refractivity (Wildman–Crippen MR) is 147 cm³/mol. The average Bonchev–Trinajstić information content (AvgIpc) is 3.30. The molecule has 0 atom stereocenters. The van der Waals surface area contributed by atoms with E-state index in [1.807, 2.05) is 37.3 Å². The van der Waals surface area contributed by atoms with Crippen LogP contribution in [0.25, 0.3) is 16.7 Å². The monoisotopic (exact) mass is 489 g/mol. The van der Waals surface area contributed by atoms with E-state index < -0.39 is 0 Å². The van der Waals surface area contributed by atoms with Gasteiger partial charge >= 0.3 is 0 Å². The lowest BCUT2D eigenvalue weighted by molar-refractivity contribution is 0.595. The Morgan fingerprint density at radius 1 is 0.865 bits per heavy atom. The van der Waals surface area contributed by atoms with Gasteiger partial charge in [-0.3, -0.25) is 4.40 Å². The number of rotatable bonds is 4. The van der Waals surface area contributed by atoms with Gasteiger partial charge in [-0.05, 0) is 54.8 Å². The van der Waals surface area contributed by atoms with E-state index in [0.717, 1.165) is 47.5 Å². The van der Waals surface area contributed by atoms with Gasteiger partial charge in [0.25, 0.3) is 0 Å². The summed E-state index contributed by atoms with van der Waals surface area (Å²) in [5.74, 6) is 0.894. The number of nitrogens with zero attached hydrogens (tertiary/aromatic N) is 5. The summed E-state index contributed by atoms with van der Waals surface area (Å²) in [6, 6.07) is 25.9. The molecule has 5 aromatic rings. The van der Waals surface area contributed by atoms with Crippen LogP contribution in [0.4, 0.5) is 15.9 Å². The molecule has 0 unspecified atom stereocenters. The molecule has 6 heteroatoms. The molecule has 5 nitrogen and oxygen atoms in total. The van der Waals surface area contributed by atoms with Crippen LogP contribution in [0.3, 0.4) is 0 Å². The Morgan fingerprint density at radius 3 is 2.30 bits per heavy atom. The first-order valence-corrected chi connectivity index (χ1v) is 12.7. The number of imidazole rings is 1. The van der Waals surface area contributed by atoms with Crippen molar-refractivity contribution in [3.8, 4) is 6.07 Å². The van der Waals surface area contributed by atoms with Crippen molar-refractivity contribution in [1.29, 1.82) is 5.26 Å². The largest absolute Gasteiger partial charge is 0.366 e. The Morgan fingerprint density at radius 2 is 1.54 bits per heavy atom. The van der Waals surface area contributed by atoms with Crippen molar-refractivity contribution in [3.63, 3.8) is 0 Å². The Balaban J connectivity index is 1.53. The number of aryl methyl sites for hydroxylation is 1. The summed E-state index contributed by atoms with van der Waals surface area (Å²) >= 11 is 0. The van der Waals surface area contributed by atoms with E-state index in [4.69, 9.17) is 4.98 Å². The van der Waals surface area contributed by atoms with Gasteiger partial charge in [0.2, 0.25) is 0 Å². The fourth-order valence-electron chi connectivity index (χ4n) is 5.57. The number of fused-ring (bicyclic) bond motifs is 3. The maximum absolute atomic E-state index is 14.5. The van der Waals surface area contributed by atoms with Gasteiger partial charge in [-0.15, -0.1) is 0 Å². The molecule has 0 bridgehead atoms. The highest BCUT2D eigenvalue weighted by Gasteiger charge is 2.27. The number of halogens is 1. The molecule has 3 aromatic carbocycles. The Hall–Kier alpha value is -4.37. The zero-order valence-electron chi connectivity index (χ0n) is 21.1. The van der Waals surface area contributed by atoms with Crippen LogP contribution in [0.15, 0.2) is 72.8 Å². The molecule has 2 aromatic heterocycles. The van der Waals surface area contributed by atoms with Crippen molar-refractivity contribution < 1.29 is 4.39 Å². The molecular weight excluding hydrogens is 461 g/mol. The number of pyridine rings is 1. The molecule has 0 aliphatic carbocycles. The summed E-state index contributed by atoms with van der Waals surface area (Å²) in [6.45, 7) is 7.07. The molecule has 0 spiro atoms. The van der Waals surface area contributed by atoms with Gasteiger partial charge in [-0.25, -0.2) is 9.37 Å². The van der Waals surface area contributed by atoms with Crippen LogP contribution in [-0.4, -0.2) is 35.6 Å². The van der Waals surface area contributed by atoms with Gasteiger partial charge in [0.15, 0.2) is 5.65 Å². The number of aromatic nitrogens is 2. The highest BCUT2D eigenvalue weighted by atomic mass is 19.1. The van der Waals surface area contributed by atoms with Crippen LogP contribution in [0.1, 0.15) is 27.8 Å². The highest BCUT2D eigenvalue weighted by Crippen LogP contribution is 2.36. The van der Waals surface area contributed by atoms with E-state index in [1.165, 1.54) is 17.2 Å². The van der Waals surface area contributed by atoms with Gasteiger partial charge in [0, 0.05) is 38.2 Å². The number of nitriles is 1. The van der Waals surface area contributed by atoms with Crippen molar-refractivity contribution in [2.24, 2.45) is 0 Å². The molecule has 0 amide bonds. The Labute approximate surface area is 216 Å². The van der Waals surface area contributed by atoms with Crippen molar-refractivity contribution in [2.75, 3.05) is 36.0 Å². The first kappa shape index (κ1) is 23.1. The number of hydrogen-bond donors (Lipinski definition) is 0. The molecule has 1 aliphatic rings. The standard InChI is InChI=1S/C31H28FN5/c1-21-9-3-4-10-23(21)19-24-22(2)25(20-33)30-34-27-12-6-8-14-29(27)37(30)31(24)36-17-15-35(16-18-36)28-13-7-5-11-26(28)32/h3-14H,15-19H2,1-2H3. The molecule has 1 aliphatic heterocycles. The minimum Gasteiger partial charge on any atom is -0.366 e. The summed E-state index contributed by atoms with van der Waals surface area (Å²) in [6.07, 6.45) is 0.721. The smallest absolute Gasteiger partial charge is 0.157 e. The Bertz CT molecular complexity index is 1670. The molecule has 37 heavy (non-hydrogen) atoms. The van der Waals surface area contributed by atoms with Gasteiger partial charge < -0.3 is 9.80 Å². The second-order valence-corrected chi connectivity index (χ2v) is 9.70. The van der Waals surface area contributed by atoms with Crippen molar-refractivity contribution in [2.45, 2.75) is 20.3 Å². The second kappa shape index (κ2) is 9.25. The minimum absolute atomic E-state index is 0.187. The predicted octanol–water partition coefficient (Wildman–Crippen LogP) is 6.03. The highest BCUT2D eigenvalue weighted by molar-refractivity contribution is 5.86. The number of benzene rings is 3. The first-order valence-electron chi connectivity index (χ1n) is 12.7. The number of hydrogen-bond acceptors (Lipinski definition) is 4. The molecule has 0 N–H and O–H groups in total. The van der Waals surface area contributed by atoms with E-state index in [1.54, 1.807) is 6.07 Å². The SMILES string of the molecule is Cc1ccccc1Cc1c(C)c(C#N)c2nc3ccccc3n2c1N1CCN(c2ccccc2F)CC1. The number of para-hydroxylation sites is 3. The van der Waals surface area contributed by atoms with Crippen LogP contribution in [0.2, 0.25) is 0 Å². The third-order valence-electron chi connectivity index (χ3n) is 7.61. The molecule has 1 saturated heterocycles. The quantitative estimate of drug-likeness (QED) is 0.309. The zero-order chi connectivity index (χ0) is 25.5. The van der Waals surface area contributed by atoms with Crippen LogP contribution in [0, 0.1) is 31.0 Å². The topological polar surface area (TPSA) is 47.6 Å². The maximum Gasteiger partial charge on any atom is 0.157 e. The summed E-state index contributed by atoms with van der Waals surface area (Å²) < 4.78 is 16.7. The normalized spacial score (nSPS) is 13.9.